The lowest BCUT2D eigenvalue weighted by Gasteiger charge is -2.22. The summed E-state index contributed by atoms with van der Waals surface area (Å²) >= 11 is 0. The Hall–Kier alpha value is -3.54. The first-order chi connectivity index (χ1) is 14.1. The minimum absolute atomic E-state index is 0.0263. The molecule has 29 heavy (non-hydrogen) atoms. The summed E-state index contributed by atoms with van der Waals surface area (Å²) in [5, 5.41) is 4.89. The van der Waals surface area contributed by atoms with E-state index in [4.69, 9.17) is 9.47 Å². The first-order valence-corrected chi connectivity index (χ1v) is 9.64. The normalized spacial score (nSPS) is 15.5. The molecule has 6 heteroatoms. The van der Waals surface area contributed by atoms with Gasteiger partial charge in [0, 0.05) is 10.9 Å². The Morgan fingerprint density at radius 1 is 1.07 bits per heavy atom. The summed E-state index contributed by atoms with van der Waals surface area (Å²) in [6.07, 6.45) is 0. The van der Waals surface area contributed by atoms with Crippen LogP contribution in [-0.2, 0) is 4.79 Å². The second kappa shape index (κ2) is 6.81. The summed E-state index contributed by atoms with van der Waals surface area (Å²) in [6.45, 7) is 2.93. The van der Waals surface area contributed by atoms with Gasteiger partial charge in [-0.05, 0) is 42.1 Å². The number of ether oxygens (including phenoxy) is 2. The van der Waals surface area contributed by atoms with Crippen LogP contribution in [0.3, 0.4) is 0 Å². The highest BCUT2D eigenvalue weighted by Crippen LogP contribution is 2.37. The zero-order valence-corrected chi connectivity index (χ0v) is 16.0. The van der Waals surface area contributed by atoms with Gasteiger partial charge in [-0.15, -0.1) is 0 Å². The second-order valence-corrected chi connectivity index (χ2v) is 7.26. The van der Waals surface area contributed by atoms with Crippen molar-refractivity contribution in [2.24, 2.45) is 0 Å². The molecule has 0 aliphatic carbocycles. The molecule has 1 N–H and O–H groups in total. The van der Waals surface area contributed by atoms with Crippen LogP contribution in [0.1, 0.15) is 28.9 Å². The maximum atomic E-state index is 12.8. The maximum Gasteiger partial charge on any atom is 0.259 e. The summed E-state index contributed by atoms with van der Waals surface area (Å²) in [7, 11) is 0. The topological polar surface area (TPSA) is 67.9 Å². The number of nitrogens with zero attached hydrogens (tertiary/aromatic N) is 1. The van der Waals surface area contributed by atoms with E-state index < -0.39 is 0 Å². The van der Waals surface area contributed by atoms with Crippen LogP contribution in [0.25, 0.3) is 10.8 Å². The molecule has 3 aromatic rings. The quantitative estimate of drug-likeness (QED) is 0.743. The van der Waals surface area contributed by atoms with Crippen molar-refractivity contribution in [3.05, 3.63) is 65.7 Å². The Morgan fingerprint density at radius 2 is 1.83 bits per heavy atom. The Kier molecular flexibility index (Phi) is 4.12. The smallest absolute Gasteiger partial charge is 0.259 e. The van der Waals surface area contributed by atoms with E-state index >= 15 is 0 Å². The zero-order valence-electron chi connectivity index (χ0n) is 16.0. The summed E-state index contributed by atoms with van der Waals surface area (Å²) < 4.78 is 11.2. The number of nitrogens with one attached hydrogen (secondary N) is 1. The summed E-state index contributed by atoms with van der Waals surface area (Å²) in [4.78, 5) is 27.1. The van der Waals surface area contributed by atoms with Crippen LogP contribution in [0.2, 0.25) is 0 Å². The van der Waals surface area contributed by atoms with Crippen LogP contribution in [-0.4, -0.2) is 31.6 Å². The monoisotopic (exact) mass is 388 g/mol. The number of benzene rings is 3. The Morgan fingerprint density at radius 3 is 2.66 bits per heavy atom. The third kappa shape index (κ3) is 2.97. The zero-order chi connectivity index (χ0) is 20.0. The van der Waals surface area contributed by atoms with Gasteiger partial charge in [0.25, 0.3) is 5.91 Å². The van der Waals surface area contributed by atoms with E-state index in [1.807, 2.05) is 61.5 Å². The SMILES string of the molecule is CC(NC(=O)CN1C(=O)c2cccc3cccc1c23)c1ccc2c(c1)OCCO2. The van der Waals surface area contributed by atoms with Crippen molar-refractivity contribution in [3.8, 4) is 11.5 Å². The van der Waals surface area contributed by atoms with Crippen molar-refractivity contribution in [2.45, 2.75) is 13.0 Å². The van der Waals surface area contributed by atoms with Gasteiger partial charge in [0.05, 0.1) is 11.7 Å². The number of anilines is 1. The van der Waals surface area contributed by atoms with Crippen LogP contribution < -0.4 is 19.7 Å². The molecule has 0 bridgehead atoms. The van der Waals surface area contributed by atoms with Crippen molar-refractivity contribution in [1.82, 2.24) is 5.32 Å². The summed E-state index contributed by atoms with van der Waals surface area (Å²) in [5.41, 5.74) is 2.34. The summed E-state index contributed by atoms with van der Waals surface area (Å²) in [5.74, 6) is 1.04. The molecule has 0 spiro atoms. The van der Waals surface area contributed by atoms with Crippen molar-refractivity contribution >= 4 is 28.3 Å². The predicted molar refractivity (Wildman–Crippen MR) is 110 cm³/mol. The molecule has 146 valence electrons. The predicted octanol–water partition coefficient (Wildman–Crippen LogP) is 3.45. The van der Waals surface area contributed by atoms with Crippen molar-refractivity contribution < 1.29 is 19.1 Å². The largest absolute Gasteiger partial charge is 0.486 e. The lowest BCUT2D eigenvalue weighted by atomic mass is 10.1. The third-order valence-corrected chi connectivity index (χ3v) is 5.39. The Bertz CT molecular complexity index is 1140. The van der Waals surface area contributed by atoms with Crippen molar-refractivity contribution in [3.63, 3.8) is 0 Å². The van der Waals surface area contributed by atoms with Crippen LogP contribution >= 0.6 is 0 Å². The molecule has 0 saturated carbocycles. The first kappa shape index (κ1) is 17.6. The highest BCUT2D eigenvalue weighted by Gasteiger charge is 2.31. The number of rotatable bonds is 4. The van der Waals surface area contributed by atoms with Crippen LogP contribution in [0.15, 0.2) is 54.6 Å². The standard InChI is InChI=1S/C23H20N2O4/c1-14(16-8-9-19-20(12-16)29-11-10-28-19)24-21(26)13-25-18-7-3-5-15-4-2-6-17(22(15)18)23(25)27/h2-9,12,14H,10-11,13H2,1H3,(H,24,26). The van der Waals surface area contributed by atoms with E-state index in [-0.39, 0.29) is 24.4 Å². The van der Waals surface area contributed by atoms with Gasteiger partial charge in [0.15, 0.2) is 11.5 Å². The van der Waals surface area contributed by atoms with Crippen LogP contribution in [0.5, 0.6) is 11.5 Å². The number of fused-ring (bicyclic) bond motifs is 1. The molecule has 3 aromatic carbocycles. The molecule has 6 nitrogen and oxygen atoms in total. The average Bonchev–Trinajstić information content (AvgIpc) is 3.01. The molecule has 2 heterocycles. The fraction of sp³-hybridized carbons (Fsp3) is 0.217. The van der Waals surface area contributed by atoms with Gasteiger partial charge in [-0.25, -0.2) is 0 Å². The molecular formula is C23H20N2O4. The lowest BCUT2D eigenvalue weighted by Crippen LogP contribution is -2.39. The highest BCUT2D eigenvalue weighted by atomic mass is 16.6. The molecular weight excluding hydrogens is 368 g/mol. The molecule has 0 radical (unpaired) electrons. The average molecular weight is 388 g/mol. The molecule has 2 aliphatic heterocycles. The number of hydrogen-bond donors (Lipinski definition) is 1. The molecule has 0 saturated heterocycles. The Labute approximate surface area is 168 Å². The van der Waals surface area contributed by atoms with E-state index in [0.717, 1.165) is 22.0 Å². The van der Waals surface area contributed by atoms with Gasteiger partial charge in [0.2, 0.25) is 5.91 Å². The summed E-state index contributed by atoms with van der Waals surface area (Å²) in [6, 6.07) is 16.8. The number of carbonyl (C=O) groups is 2. The Balaban J connectivity index is 1.33. The first-order valence-electron chi connectivity index (χ1n) is 9.64. The fourth-order valence-corrected chi connectivity index (χ4v) is 3.98. The molecule has 2 amide bonds. The van der Waals surface area contributed by atoms with Crippen molar-refractivity contribution in [2.75, 3.05) is 24.7 Å². The minimum Gasteiger partial charge on any atom is -0.486 e. The van der Waals surface area contributed by atoms with Crippen LogP contribution in [0.4, 0.5) is 5.69 Å². The molecule has 1 unspecified atom stereocenters. The highest BCUT2D eigenvalue weighted by molar-refractivity contribution is 6.26. The number of hydrogen-bond acceptors (Lipinski definition) is 4. The van der Waals surface area contributed by atoms with E-state index in [1.165, 1.54) is 0 Å². The van der Waals surface area contributed by atoms with Gasteiger partial charge < -0.3 is 14.8 Å². The third-order valence-electron chi connectivity index (χ3n) is 5.39. The van der Waals surface area contributed by atoms with Gasteiger partial charge >= 0.3 is 0 Å². The van der Waals surface area contributed by atoms with Gasteiger partial charge in [-0.2, -0.15) is 0 Å². The minimum atomic E-state index is -0.228. The van der Waals surface area contributed by atoms with Crippen molar-refractivity contribution in [1.29, 1.82) is 0 Å². The van der Waals surface area contributed by atoms with Crippen LogP contribution in [0, 0.1) is 0 Å². The maximum absolute atomic E-state index is 12.8. The number of carbonyl (C=O) groups excluding carboxylic acids is 2. The van der Waals surface area contributed by atoms with E-state index in [0.29, 0.717) is 30.3 Å². The molecule has 1 atom stereocenters. The number of amides is 2. The molecule has 0 fully saturated rings. The lowest BCUT2D eigenvalue weighted by molar-refractivity contribution is -0.120. The second-order valence-electron chi connectivity index (χ2n) is 7.26. The molecule has 0 aromatic heterocycles. The van der Waals surface area contributed by atoms with E-state index in [2.05, 4.69) is 5.32 Å². The van der Waals surface area contributed by atoms with Gasteiger partial charge in [0.1, 0.15) is 19.8 Å². The molecule has 5 rings (SSSR count). The fourth-order valence-electron chi connectivity index (χ4n) is 3.98. The van der Waals surface area contributed by atoms with Gasteiger partial charge in [-0.3, -0.25) is 14.5 Å². The molecule has 2 aliphatic rings. The van der Waals surface area contributed by atoms with Gasteiger partial charge in [-0.1, -0.05) is 30.3 Å². The van der Waals surface area contributed by atoms with E-state index in [1.54, 1.807) is 4.90 Å². The van der Waals surface area contributed by atoms with E-state index in [9.17, 15) is 9.59 Å².